The molecule has 8 nitrogen and oxygen atoms in total. The van der Waals surface area contributed by atoms with E-state index in [-0.39, 0.29) is 58.9 Å². The standard InChI is InChI=1S/C21H21Cl2FN4O4S/c1-20(11-33(30,31)21(19(25)28-20)4-6-32-7-5-21)14-9-13(2-3-16(14)24)27-18(29)17-15(23)8-12(22)10-26-17/h2-3,8-10H,4-7,11H2,1H3,(H2,25,28)(H,27,29). The van der Waals surface area contributed by atoms with Crippen LogP contribution in [0.1, 0.15) is 35.8 Å². The molecule has 0 aliphatic carbocycles. The van der Waals surface area contributed by atoms with Crippen LogP contribution in [0.5, 0.6) is 0 Å². The van der Waals surface area contributed by atoms with Crippen LogP contribution in [0, 0.1) is 5.82 Å². The SMILES string of the molecule is CC1(c2cc(NC(=O)c3ncc(Cl)cc3Cl)ccc2F)CS(=O)(=O)C2(CCOCC2)C(N)=N1. The molecule has 33 heavy (non-hydrogen) atoms. The third-order valence-electron chi connectivity index (χ3n) is 6.03. The Morgan fingerprint density at radius 2 is 1.94 bits per heavy atom. The van der Waals surface area contributed by atoms with Crippen LogP contribution in [0.2, 0.25) is 10.0 Å². The fraction of sp³-hybridized carbons (Fsp3) is 0.381. The maximum Gasteiger partial charge on any atom is 0.275 e. The van der Waals surface area contributed by atoms with E-state index >= 15 is 0 Å². The van der Waals surface area contributed by atoms with Crippen molar-refractivity contribution in [2.45, 2.75) is 30.1 Å². The normalized spacial score (nSPS) is 23.7. The van der Waals surface area contributed by atoms with Gasteiger partial charge >= 0.3 is 0 Å². The summed E-state index contributed by atoms with van der Waals surface area (Å²) in [4.78, 5) is 21.0. The molecule has 1 aromatic carbocycles. The quantitative estimate of drug-likeness (QED) is 0.647. The number of hydrogen-bond acceptors (Lipinski definition) is 7. The number of amidine groups is 1. The van der Waals surface area contributed by atoms with E-state index in [1.807, 2.05) is 0 Å². The second-order valence-electron chi connectivity index (χ2n) is 8.27. The number of carbonyl (C=O) groups is 1. The Kier molecular flexibility index (Phi) is 6.15. The van der Waals surface area contributed by atoms with Crippen molar-refractivity contribution in [3.8, 4) is 0 Å². The number of amides is 1. The predicted octanol–water partition coefficient (Wildman–Crippen LogP) is 3.33. The van der Waals surface area contributed by atoms with Gasteiger partial charge in [-0.3, -0.25) is 9.79 Å². The number of rotatable bonds is 3. The summed E-state index contributed by atoms with van der Waals surface area (Å²) in [6.45, 7) is 2.01. The lowest BCUT2D eigenvalue weighted by atomic mass is 9.91. The van der Waals surface area contributed by atoms with Gasteiger partial charge in [-0.1, -0.05) is 23.2 Å². The summed E-state index contributed by atoms with van der Waals surface area (Å²) in [6, 6.07) is 5.18. The fourth-order valence-corrected chi connectivity index (χ4v) is 7.12. The third-order valence-corrected chi connectivity index (χ3v) is 9.27. The van der Waals surface area contributed by atoms with Crippen LogP contribution >= 0.6 is 23.2 Å². The van der Waals surface area contributed by atoms with E-state index in [1.54, 1.807) is 0 Å². The van der Waals surface area contributed by atoms with Crippen molar-refractivity contribution in [3.05, 3.63) is 57.6 Å². The van der Waals surface area contributed by atoms with Crippen LogP contribution in [0.3, 0.4) is 0 Å². The molecule has 0 radical (unpaired) electrons. The van der Waals surface area contributed by atoms with Crippen LogP contribution in [0.25, 0.3) is 0 Å². The Bertz CT molecular complexity index is 1260. The first-order valence-electron chi connectivity index (χ1n) is 10.1. The van der Waals surface area contributed by atoms with Crippen LogP contribution in [0.15, 0.2) is 35.5 Å². The number of aliphatic imine (C=N–C) groups is 1. The molecule has 1 aromatic heterocycles. The molecule has 1 atom stereocenters. The van der Waals surface area contributed by atoms with Crippen molar-refractivity contribution in [1.29, 1.82) is 0 Å². The second-order valence-corrected chi connectivity index (χ2v) is 11.4. The van der Waals surface area contributed by atoms with Crippen molar-refractivity contribution in [2.75, 3.05) is 24.3 Å². The van der Waals surface area contributed by atoms with E-state index < -0.39 is 37.6 Å². The fourth-order valence-electron chi connectivity index (χ4n) is 4.26. The first-order valence-corrected chi connectivity index (χ1v) is 12.5. The van der Waals surface area contributed by atoms with E-state index in [0.29, 0.717) is 0 Å². The van der Waals surface area contributed by atoms with Gasteiger partial charge in [-0.05, 0) is 44.0 Å². The molecule has 0 bridgehead atoms. The number of carbonyl (C=O) groups excluding carboxylic acids is 1. The lowest BCUT2D eigenvalue weighted by molar-refractivity contribution is 0.0875. The number of sulfone groups is 1. The molecule has 1 saturated heterocycles. The van der Waals surface area contributed by atoms with Crippen molar-refractivity contribution in [2.24, 2.45) is 10.7 Å². The maximum atomic E-state index is 14.9. The lowest BCUT2D eigenvalue weighted by Gasteiger charge is -2.43. The van der Waals surface area contributed by atoms with E-state index in [0.717, 1.165) is 6.07 Å². The predicted molar refractivity (Wildman–Crippen MR) is 124 cm³/mol. The summed E-state index contributed by atoms with van der Waals surface area (Å²) in [5, 5.41) is 2.91. The van der Waals surface area contributed by atoms with Gasteiger partial charge in [-0.15, -0.1) is 0 Å². The van der Waals surface area contributed by atoms with Crippen LogP contribution in [-0.4, -0.2) is 48.9 Å². The molecule has 2 aliphatic heterocycles. The number of anilines is 1. The van der Waals surface area contributed by atoms with E-state index in [9.17, 15) is 17.6 Å². The van der Waals surface area contributed by atoms with Crippen LogP contribution < -0.4 is 11.1 Å². The van der Waals surface area contributed by atoms with Crippen molar-refractivity contribution in [3.63, 3.8) is 0 Å². The number of nitrogens with two attached hydrogens (primary N) is 1. The highest BCUT2D eigenvalue weighted by atomic mass is 35.5. The van der Waals surface area contributed by atoms with Gasteiger partial charge < -0.3 is 15.8 Å². The molecule has 1 spiro atoms. The Hall–Kier alpha value is -2.27. The zero-order valence-corrected chi connectivity index (χ0v) is 19.9. The molecule has 0 saturated carbocycles. The first kappa shape index (κ1) is 23.9. The Labute approximate surface area is 200 Å². The van der Waals surface area contributed by atoms with Gasteiger partial charge in [0.05, 0.1) is 15.8 Å². The maximum absolute atomic E-state index is 14.9. The van der Waals surface area contributed by atoms with Gasteiger partial charge in [0, 0.05) is 30.7 Å². The minimum atomic E-state index is -3.79. The zero-order chi connectivity index (χ0) is 24.0. The average molecular weight is 515 g/mol. The van der Waals surface area contributed by atoms with Crippen molar-refractivity contribution < 1.29 is 22.3 Å². The smallest absolute Gasteiger partial charge is 0.275 e. The van der Waals surface area contributed by atoms with E-state index in [4.69, 9.17) is 33.7 Å². The number of nitrogens with one attached hydrogen (secondary N) is 1. The Morgan fingerprint density at radius 1 is 1.24 bits per heavy atom. The summed E-state index contributed by atoms with van der Waals surface area (Å²) in [6.07, 6.45) is 1.68. The Balaban J connectivity index is 1.70. The average Bonchev–Trinajstić information content (AvgIpc) is 2.74. The molecular weight excluding hydrogens is 494 g/mol. The molecule has 3 heterocycles. The molecular formula is C21H21Cl2FN4O4S. The van der Waals surface area contributed by atoms with Gasteiger partial charge in [-0.25, -0.2) is 17.8 Å². The molecule has 4 rings (SSSR count). The minimum Gasteiger partial charge on any atom is -0.386 e. The van der Waals surface area contributed by atoms with Gasteiger partial charge in [0.15, 0.2) is 9.84 Å². The topological polar surface area (TPSA) is 124 Å². The van der Waals surface area contributed by atoms with Gasteiger partial charge in [0.25, 0.3) is 5.91 Å². The Morgan fingerprint density at radius 3 is 2.58 bits per heavy atom. The molecule has 12 heteroatoms. The van der Waals surface area contributed by atoms with Crippen molar-refractivity contribution >= 4 is 50.5 Å². The number of ether oxygens (including phenoxy) is 1. The van der Waals surface area contributed by atoms with Gasteiger partial charge in [0.1, 0.15) is 27.6 Å². The number of pyridine rings is 1. The summed E-state index contributed by atoms with van der Waals surface area (Å²) >= 11 is 11.8. The molecule has 1 amide bonds. The summed E-state index contributed by atoms with van der Waals surface area (Å²) in [5.41, 5.74) is 4.85. The van der Waals surface area contributed by atoms with Crippen LogP contribution in [-0.2, 0) is 20.1 Å². The molecule has 2 aromatic rings. The highest BCUT2D eigenvalue weighted by Gasteiger charge is 2.55. The number of hydrogen-bond donors (Lipinski definition) is 2. The zero-order valence-electron chi connectivity index (χ0n) is 17.6. The first-order chi connectivity index (χ1) is 15.5. The molecule has 3 N–H and O–H groups in total. The highest BCUT2D eigenvalue weighted by Crippen LogP contribution is 2.42. The summed E-state index contributed by atoms with van der Waals surface area (Å²) in [5.74, 6) is -1.79. The van der Waals surface area contributed by atoms with Crippen LogP contribution in [0.4, 0.5) is 10.1 Å². The number of aromatic nitrogens is 1. The second kappa shape index (κ2) is 8.50. The highest BCUT2D eigenvalue weighted by molar-refractivity contribution is 7.93. The molecule has 1 unspecified atom stereocenters. The molecule has 1 fully saturated rings. The monoisotopic (exact) mass is 514 g/mol. The third kappa shape index (κ3) is 4.21. The van der Waals surface area contributed by atoms with E-state index in [1.165, 1.54) is 31.3 Å². The summed E-state index contributed by atoms with van der Waals surface area (Å²) < 4.78 is 45.6. The van der Waals surface area contributed by atoms with Crippen molar-refractivity contribution in [1.82, 2.24) is 4.98 Å². The minimum absolute atomic E-state index is 0.0103. The number of nitrogens with zero attached hydrogens (tertiary/aromatic N) is 2. The number of benzene rings is 1. The number of halogens is 3. The largest absolute Gasteiger partial charge is 0.386 e. The van der Waals surface area contributed by atoms with Gasteiger partial charge in [0.2, 0.25) is 0 Å². The lowest BCUT2D eigenvalue weighted by Crippen LogP contribution is -2.60. The van der Waals surface area contributed by atoms with Gasteiger partial charge in [-0.2, -0.15) is 0 Å². The summed E-state index contributed by atoms with van der Waals surface area (Å²) in [7, 11) is -3.79. The molecule has 2 aliphatic rings. The molecule has 176 valence electrons. The van der Waals surface area contributed by atoms with E-state index in [2.05, 4.69) is 15.3 Å².